The molecule has 3 heteroatoms. The number of fused-ring (bicyclic) bond motifs is 1. The van der Waals surface area contributed by atoms with Gasteiger partial charge in [-0.2, -0.15) is 0 Å². The lowest BCUT2D eigenvalue weighted by Gasteiger charge is -2.30. The summed E-state index contributed by atoms with van der Waals surface area (Å²) in [6.45, 7) is 3.69. The predicted octanol–water partition coefficient (Wildman–Crippen LogP) is 3.09. The molecule has 0 amide bonds. The summed E-state index contributed by atoms with van der Waals surface area (Å²) < 4.78 is 12.0. The van der Waals surface area contributed by atoms with Crippen LogP contribution in [0.15, 0.2) is 18.2 Å². The van der Waals surface area contributed by atoms with Gasteiger partial charge in [-0.25, -0.2) is 0 Å². The molecule has 2 aliphatic rings. The Morgan fingerprint density at radius 2 is 2.25 bits per heavy atom. The lowest BCUT2D eigenvalue weighted by molar-refractivity contribution is 0.0196. The van der Waals surface area contributed by atoms with E-state index in [9.17, 15) is 0 Å². The zero-order chi connectivity index (χ0) is 13.9. The van der Waals surface area contributed by atoms with Gasteiger partial charge in [0.05, 0.1) is 18.8 Å². The van der Waals surface area contributed by atoms with Crippen molar-refractivity contribution >= 4 is 0 Å². The molecular weight excluding hydrogens is 250 g/mol. The number of ether oxygens (including phenoxy) is 2. The van der Waals surface area contributed by atoms with E-state index < -0.39 is 0 Å². The zero-order valence-electron chi connectivity index (χ0n) is 12.5. The molecule has 0 aromatic heterocycles. The first-order valence-corrected chi connectivity index (χ1v) is 7.88. The van der Waals surface area contributed by atoms with E-state index in [1.165, 1.54) is 24.0 Å². The van der Waals surface area contributed by atoms with Gasteiger partial charge in [0.2, 0.25) is 0 Å². The molecule has 1 N–H and O–H groups in total. The SMILES string of the molecule is CCOC(C1CC1)C(NC)c1cccc2c1OCCC2. The van der Waals surface area contributed by atoms with Gasteiger partial charge in [-0.05, 0) is 51.1 Å². The van der Waals surface area contributed by atoms with Crippen LogP contribution in [0.2, 0.25) is 0 Å². The van der Waals surface area contributed by atoms with Crippen molar-refractivity contribution in [1.29, 1.82) is 0 Å². The number of hydrogen-bond acceptors (Lipinski definition) is 3. The highest BCUT2D eigenvalue weighted by Gasteiger charge is 2.38. The minimum atomic E-state index is 0.232. The lowest BCUT2D eigenvalue weighted by atomic mass is 9.93. The second kappa shape index (κ2) is 6.15. The van der Waals surface area contributed by atoms with Gasteiger partial charge in [0.15, 0.2) is 0 Å². The summed E-state index contributed by atoms with van der Waals surface area (Å²) in [6.07, 6.45) is 5.10. The topological polar surface area (TPSA) is 30.5 Å². The molecule has 1 aliphatic carbocycles. The van der Waals surface area contributed by atoms with Crippen LogP contribution in [-0.2, 0) is 11.2 Å². The van der Waals surface area contributed by atoms with Crippen LogP contribution in [0.1, 0.15) is 43.4 Å². The van der Waals surface area contributed by atoms with Crippen molar-refractivity contribution in [1.82, 2.24) is 5.32 Å². The van der Waals surface area contributed by atoms with E-state index >= 15 is 0 Å². The number of rotatable bonds is 6. The Morgan fingerprint density at radius 3 is 2.95 bits per heavy atom. The highest BCUT2D eigenvalue weighted by Crippen LogP contribution is 2.43. The summed E-state index contributed by atoms with van der Waals surface area (Å²) in [7, 11) is 2.03. The zero-order valence-corrected chi connectivity index (χ0v) is 12.5. The molecule has 1 fully saturated rings. The molecule has 2 unspecified atom stereocenters. The summed E-state index contributed by atoms with van der Waals surface area (Å²) in [4.78, 5) is 0. The predicted molar refractivity (Wildman–Crippen MR) is 80.2 cm³/mol. The molecule has 0 saturated heterocycles. The molecule has 0 bridgehead atoms. The first-order chi connectivity index (χ1) is 9.85. The van der Waals surface area contributed by atoms with Gasteiger partial charge in [0.1, 0.15) is 5.75 Å². The largest absolute Gasteiger partial charge is 0.493 e. The quantitative estimate of drug-likeness (QED) is 0.865. The average molecular weight is 275 g/mol. The summed E-state index contributed by atoms with van der Waals surface area (Å²) in [5, 5.41) is 3.47. The second-order valence-corrected chi connectivity index (χ2v) is 5.81. The van der Waals surface area contributed by atoms with Crippen LogP contribution in [0.5, 0.6) is 5.75 Å². The highest BCUT2D eigenvalue weighted by atomic mass is 16.5. The molecule has 1 saturated carbocycles. The van der Waals surface area contributed by atoms with Gasteiger partial charge in [0.25, 0.3) is 0 Å². The van der Waals surface area contributed by atoms with Crippen LogP contribution in [0, 0.1) is 5.92 Å². The molecule has 20 heavy (non-hydrogen) atoms. The molecule has 1 aromatic carbocycles. The third-order valence-electron chi connectivity index (χ3n) is 4.38. The van der Waals surface area contributed by atoms with Gasteiger partial charge in [-0.15, -0.1) is 0 Å². The van der Waals surface area contributed by atoms with Crippen LogP contribution in [0.4, 0.5) is 0 Å². The summed E-state index contributed by atoms with van der Waals surface area (Å²) in [6, 6.07) is 6.77. The van der Waals surface area contributed by atoms with E-state index in [1.54, 1.807) is 0 Å². The Kier molecular flexibility index (Phi) is 4.27. The van der Waals surface area contributed by atoms with E-state index in [4.69, 9.17) is 9.47 Å². The minimum absolute atomic E-state index is 0.232. The second-order valence-electron chi connectivity index (χ2n) is 5.81. The summed E-state index contributed by atoms with van der Waals surface area (Å²) in [5.41, 5.74) is 2.62. The molecule has 1 heterocycles. The minimum Gasteiger partial charge on any atom is -0.493 e. The third-order valence-corrected chi connectivity index (χ3v) is 4.38. The summed E-state index contributed by atoms with van der Waals surface area (Å²) in [5.74, 6) is 1.80. The van der Waals surface area contributed by atoms with Gasteiger partial charge in [-0.1, -0.05) is 18.2 Å². The standard InChI is InChI=1S/C17H25NO2/c1-3-19-17(13-9-10-13)15(18-2)14-8-4-6-12-7-5-11-20-16(12)14/h4,6,8,13,15,17-18H,3,5,7,9-11H2,1-2H3. The van der Waals surface area contributed by atoms with E-state index in [0.717, 1.165) is 31.8 Å². The van der Waals surface area contributed by atoms with Crippen molar-refractivity contribution < 1.29 is 9.47 Å². The fourth-order valence-corrected chi connectivity index (χ4v) is 3.28. The van der Waals surface area contributed by atoms with E-state index in [-0.39, 0.29) is 12.1 Å². The molecule has 2 atom stereocenters. The monoisotopic (exact) mass is 275 g/mol. The van der Waals surface area contributed by atoms with Gasteiger partial charge in [-0.3, -0.25) is 0 Å². The van der Waals surface area contributed by atoms with Crippen LogP contribution in [0.3, 0.4) is 0 Å². The lowest BCUT2D eigenvalue weighted by Crippen LogP contribution is -2.34. The molecule has 1 aromatic rings. The maximum Gasteiger partial charge on any atom is 0.127 e. The van der Waals surface area contributed by atoms with Crippen molar-refractivity contribution in [3.63, 3.8) is 0 Å². The van der Waals surface area contributed by atoms with Crippen molar-refractivity contribution in [2.75, 3.05) is 20.3 Å². The third kappa shape index (κ3) is 2.70. The van der Waals surface area contributed by atoms with Gasteiger partial charge < -0.3 is 14.8 Å². The van der Waals surface area contributed by atoms with E-state index in [0.29, 0.717) is 5.92 Å². The molecule has 110 valence electrons. The number of para-hydroxylation sites is 1. The Bertz CT molecular complexity index is 456. The maximum absolute atomic E-state index is 6.05. The molecular formula is C17H25NO2. The first-order valence-electron chi connectivity index (χ1n) is 7.88. The molecule has 0 spiro atoms. The Balaban J connectivity index is 1.91. The summed E-state index contributed by atoms with van der Waals surface area (Å²) >= 11 is 0. The molecule has 3 nitrogen and oxygen atoms in total. The molecule has 1 aliphatic heterocycles. The van der Waals surface area contributed by atoms with E-state index in [1.807, 2.05) is 7.05 Å². The van der Waals surface area contributed by atoms with Crippen LogP contribution >= 0.6 is 0 Å². The number of hydrogen-bond donors (Lipinski definition) is 1. The Labute approximate surface area is 121 Å². The molecule has 3 rings (SSSR count). The smallest absolute Gasteiger partial charge is 0.127 e. The average Bonchev–Trinajstić information content (AvgIpc) is 3.32. The normalized spacial score (nSPS) is 20.9. The van der Waals surface area contributed by atoms with Crippen LogP contribution in [-0.4, -0.2) is 26.4 Å². The first kappa shape index (κ1) is 13.9. The number of likely N-dealkylation sites (N-methyl/N-ethyl adjacent to an activating group) is 1. The number of nitrogens with one attached hydrogen (secondary N) is 1. The van der Waals surface area contributed by atoms with Crippen molar-refractivity contribution in [2.45, 2.75) is 44.8 Å². The van der Waals surface area contributed by atoms with Crippen molar-refractivity contribution in [2.24, 2.45) is 5.92 Å². The fraction of sp³-hybridized carbons (Fsp3) is 0.647. The van der Waals surface area contributed by atoms with E-state index in [2.05, 4.69) is 30.4 Å². The van der Waals surface area contributed by atoms with Crippen molar-refractivity contribution in [3.8, 4) is 5.75 Å². The Hall–Kier alpha value is -1.06. The van der Waals surface area contributed by atoms with Crippen LogP contribution < -0.4 is 10.1 Å². The Morgan fingerprint density at radius 1 is 1.40 bits per heavy atom. The van der Waals surface area contributed by atoms with Crippen LogP contribution in [0.25, 0.3) is 0 Å². The molecule has 0 radical (unpaired) electrons. The van der Waals surface area contributed by atoms with Crippen molar-refractivity contribution in [3.05, 3.63) is 29.3 Å². The number of aryl methyl sites for hydroxylation is 1. The van der Waals surface area contributed by atoms with Gasteiger partial charge in [0, 0.05) is 12.2 Å². The maximum atomic E-state index is 6.05. The fourth-order valence-electron chi connectivity index (χ4n) is 3.28. The number of benzene rings is 1. The highest BCUT2D eigenvalue weighted by molar-refractivity contribution is 5.45. The van der Waals surface area contributed by atoms with Gasteiger partial charge >= 0.3 is 0 Å².